The van der Waals surface area contributed by atoms with Gasteiger partial charge in [0, 0.05) is 28.8 Å². The van der Waals surface area contributed by atoms with Gasteiger partial charge in [-0.05, 0) is 72.9 Å². The highest BCUT2D eigenvalue weighted by molar-refractivity contribution is 6.32. The molecule has 0 aromatic heterocycles. The Kier molecular flexibility index (Phi) is 8.39. The molecule has 6 nitrogen and oxygen atoms in total. The minimum absolute atomic E-state index is 0.174. The average Bonchev–Trinajstić information content (AvgIpc) is 2.86. The summed E-state index contributed by atoms with van der Waals surface area (Å²) in [7, 11) is 0. The highest BCUT2D eigenvalue weighted by Gasteiger charge is 2.29. The molecule has 36 heavy (non-hydrogen) atoms. The molecule has 1 atom stereocenters. The molecule has 2 N–H and O–H groups in total. The standard InChI is InChI=1S/C28H27Cl2NO5/c1-2-3-19-14-20(29)7-4-17(19)10-12-31-27(32)18-5-8-21(9-6-18)36-26-16-25-23(15-24(26)30)22(28(33)34)11-13-35-25/h4-9,14-16,22H,2-3,10-13H2,1H3,(H,31,32)(H,33,34). The van der Waals surface area contributed by atoms with Crippen molar-refractivity contribution in [1.82, 2.24) is 5.32 Å². The van der Waals surface area contributed by atoms with Crippen molar-refractivity contribution < 1.29 is 24.2 Å². The number of halogens is 2. The fraction of sp³-hybridized carbons (Fsp3) is 0.286. The fourth-order valence-electron chi connectivity index (χ4n) is 4.28. The normalized spacial score (nSPS) is 14.5. The zero-order valence-corrected chi connectivity index (χ0v) is 21.4. The van der Waals surface area contributed by atoms with Gasteiger partial charge in [0.1, 0.15) is 17.2 Å². The average molecular weight is 528 g/mol. The monoisotopic (exact) mass is 527 g/mol. The van der Waals surface area contributed by atoms with Crippen molar-refractivity contribution in [2.24, 2.45) is 0 Å². The lowest BCUT2D eigenvalue weighted by molar-refractivity contribution is -0.139. The molecule has 1 amide bonds. The summed E-state index contributed by atoms with van der Waals surface area (Å²) in [5.74, 6) is -0.447. The lowest BCUT2D eigenvalue weighted by Gasteiger charge is -2.24. The van der Waals surface area contributed by atoms with Crippen LogP contribution in [0.5, 0.6) is 17.2 Å². The van der Waals surface area contributed by atoms with E-state index < -0.39 is 11.9 Å². The van der Waals surface area contributed by atoms with Gasteiger partial charge in [-0.25, -0.2) is 0 Å². The van der Waals surface area contributed by atoms with Crippen LogP contribution in [-0.4, -0.2) is 30.1 Å². The minimum atomic E-state index is -0.910. The number of hydrogen-bond donors (Lipinski definition) is 2. The van der Waals surface area contributed by atoms with E-state index in [0.29, 0.717) is 47.9 Å². The number of benzene rings is 3. The number of carbonyl (C=O) groups is 2. The molecule has 1 unspecified atom stereocenters. The van der Waals surface area contributed by atoms with E-state index in [9.17, 15) is 14.7 Å². The number of hydrogen-bond acceptors (Lipinski definition) is 4. The number of carboxylic acids is 1. The molecule has 1 aliphatic rings. The largest absolute Gasteiger partial charge is 0.493 e. The summed E-state index contributed by atoms with van der Waals surface area (Å²) in [6.45, 7) is 2.95. The van der Waals surface area contributed by atoms with Crippen LogP contribution in [0.3, 0.4) is 0 Å². The first-order chi connectivity index (χ1) is 17.4. The van der Waals surface area contributed by atoms with Crippen molar-refractivity contribution in [3.05, 3.63) is 86.9 Å². The van der Waals surface area contributed by atoms with Crippen LogP contribution in [0.1, 0.15) is 52.7 Å². The van der Waals surface area contributed by atoms with Crippen LogP contribution < -0.4 is 14.8 Å². The number of nitrogens with one attached hydrogen (secondary N) is 1. The maximum absolute atomic E-state index is 12.6. The third-order valence-electron chi connectivity index (χ3n) is 6.11. The summed E-state index contributed by atoms with van der Waals surface area (Å²) in [4.78, 5) is 24.1. The molecule has 0 fully saturated rings. The summed E-state index contributed by atoms with van der Waals surface area (Å²) < 4.78 is 11.5. The minimum Gasteiger partial charge on any atom is -0.493 e. The maximum Gasteiger partial charge on any atom is 0.311 e. The van der Waals surface area contributed by atoms with Gasteiger partial charge in [0.05, 0.1) is 17.5 Å². The summed E-state index contributed by atoms with van der Waals surface area (Å²) in [5.41, 5.74) is 3.45. The molecule has 0 aliphatic carbocycles. The quantitative estimate of drug-likeness (QED) is 0.325. The van der Waals surface area contributed by atoms with Crippen LogP contribution in [0.2, 0.25) is 10.0 Å². The van der Waals surface area contributed by atoms with Crippen molar-refractivity contribution >= 4 is 35.1 Å². The number of fused-ring (bicyclic) bond motifs is 1. The topological polar surface area (TPSA) is 84.9 Å². The number of carboxylic acid groups (broad SMARTS) is 1. The predicted octanol–water partition coefficient (Wildman–Crippen LogP) is 6.66. The highest BCUT2D eigenvalue weighted by atomic mass is 35.5. The number of carbonyl (C=O) groups excluding carboxylic acids is 1. The van der Waals surface area contributed by atoms with Crippen LogP contribution in [0.4, 0.5) is 0 Å². The Morgan fingerprint density at radius 2 is 1.83 bits per heavy atom. The summed E-state index contributed by atoms with van der Waals surface area (Å²) in [6.07, 6.45) is 3.09. The van der Waals surface area contributed by atoms with Gasteiger partial charge in [-0.15, -0.1) is 0 Å². The maximum atomic E-state index is 12.6. The molecule has 0 radical (unpaired) electrons. The smallest absolute Gasteiger partial charge is 0.311 e. The lowest BCUT2D eigenvalue weighted by atomic mass is 9.93. The molecular formula is C28H27Cl2NO5. The Morgan fingerprint density at radius 1 is 1.06 bits per heavy atom. The van der Waals surface area contributed by atoms with Crippen molar-refractivity contribution in [1.29, 1.82) is 0 Å². The van der Waals surface area contributed by atoms with Gasteiger partial charge in [-0.1, -0.05) is 42.6 Å². The van der Waals surface area contributed by atoms with Crippen LogP contribution in [0.25, 0.3) is 0 Å². The number of aliphatic carboxylic acids is 1. The van der Waals surface area contributed by atoms with Crippen LogP contribution in [0, 0.1) is 0 Å². The molecule has 0 bridgehead atoms. The SMILES string of the molecule is CCCc1cc(Cl)ccc1CCNC(=O)c1ccc(Oc2cc3c(cc2Cl)C(C(=O)O)CCO3)cc1. The second-order valence-corrected chi connectivity index (χ2v) is 9.49. The van der Waals surface area contributed by atoms with Gasteiger partial charge in [-0.2, -0.15) is 0 Å². The highest BCUT2D eigenvalue weighted by Crippen LogP contribution is 2.41. The lowest BCUT2D eigenvalue weighted by Crippen LogP contribution is -2.25. The van der Waals surface area contributed by atoms with E-state index >= 15 is 0 Å². The fourth-order valence-corrected chi connectivity index (χ4v) is 4.68. The molecule has 188 valence electrons. The Labute approximate surface area is 220 Å². The van der Waals surface area contributed by atoms with Crippen molar-refractivity contribution in [2.75, 3.05) is 13.2 Å². The van der Waals surface area contributed by atoms with E-state index in [1.54, 1.807) is 36.4 Å². The van der Waals surface area contributed by atoms with E-state index in [2.05, 4.69) is 12.2 Å². The first-order valence-electron chi connectivity index (χ1n) is 11.9. The number of amides is 1. The molecule has 3 aromatic carbocycles. The molecule has 3 aromatic rings. The van der Waals surface area contributed by atoms with Crippen LogP contribution >= 0.6 is 23.2 Å². The molecule has 0 saturated heterocycles. The van der Waals surface area contributed by atoms with Crippen LogP contribution in [-0.2, 0) is 17.6 Å². The van der Waals surface area contributed by atoms with E-state index in [0.717, 1.165) is 24.3 Å². The van der Waals surface area contributed by atoms with Gasteiger partial charge in [0.15, 0.2) is 0 Å². The first-order valence-corrected chi connectivity index (χ1v) is 12.6. The second-order valence-electron chi connectivity index (χ2n) is 8.64. The molecular weight excluding hydrogens is 501 g/mol. The number of aryl methyl sites for hydroxylation is 1. The Morgan fingerprint density at radius 3 is 2.56 bits per heavy atom. The molecule has 1 heterocycles. The molecule has 4 rings (SSSR count). The van der Waals surface area contributed by atoms with E-state index in [4.69, 9.17) is 32.7 Å². The van der Waals surface area contributed by atoms with E-state index in [-0.39, 0.29) is 10.9 Å². The van der Waals surface area contributed by atoms with Crippen LogP contribution in [0.15, 0.2) is 54.6 Å². The molecule has 8 heteroatoms. The van der Waals surface area contributed by atoms with Gasteiger partial charge >= 0.3 is 5.97 Å². The Hall–Kier alpha value is -3.22. The second kappa shape index (κ2) is 11.7. The Bertz CT molecular complexity index is 1260. The summed E-state index contributed by atoms with van der Waals surface area (Å²) in [6, 6.07) is 15.8. The Balaban J connectivity index is 1.37. The van der Waals surface area contributed by atoms with E-state index in [1.165, 1.54) is 11.1 Å². The molecule has 1 aliphatic heterocycles. The van der Waals surface area contributed by atoms with Gasteiger partial charge in [-0.3, -0.25) is 9.59 Å². The number of rotatable bonds is 9. The number of ether oxygens (including phenoxy) is 2. The zero-order chi connectivity index (χ0) is 25.7. The van der Waals surface area contributed by atoms with Crippen molar-refractivity contribution in [2.45, 2.75) is 38.5 Å². The van der Waals surface area contributed by atoms with Gasteiger partial charge in [0.25, 0.3) is 5.91 Å². The van der Waals surface area contributed by atoms with Crippen molar-refractivity contribution in [3.63, 3.8) is 0 Å². The predicted molar refractivity (Wildman–Crippen MR) is 140 cm³/mol. The third-order valence-corrected chi connectivity index (χ3v) is 6.64. The third kappa shape index (κ3) is 6.12. The summed E-state index contributed by atoms with van der Waals surface area (Å²) >= 11 is 12.5. The van der Waals surface area contributed by atoms with E-state index in [1.807, 2.05) is 18.2 Å². The van der Waals surface area contributed by atoms with Crippen molar-refractivity contribution in [3.8, 4) is 17.2 Å². The molecule has 0 spiro atoms. The molecule has 0 saturated carbocycles. The zero-order valence-electron chi connectivity index (χ0n) is 19.9. The van der Waals surface area contributed by atoms with Gasteiger partial charge in [0.2, 0.25) is 0 Å². The summed E-state index contributed by atoms with van der Waals surface area (Å²) in [5, 5.41) is 13.4. The first kappa shape index (κ1) is 25.9. The van der Waals surface area contributed by atoms with Gasteiger partial charge < -0.3 is 19.9 Å².